The van der Waals surface area contributed by atoms with Crippen LogP contribution in [0.15, 0.2) is 20.5 Å². The molecule has 8 nitrogen and oxygen atoms in total. The molecule has 0 unspecified atom stereocenters. The van der Waals surface area contributed by atoms with Gasteiger partial charge in [-0.2, -0.15) is 0 Å². The number of H-pyrrole nitrogens is 1. The number of aromatic amines is 1. The molecule has 1 aliphatic rings. The van der Waals surface area contributed by atoms with E-state index in [1.54, 1.807) is 17.6 Å². The fourth-order valence-electron chi connectivity index (χ4n) is 2.42. The van der Waals surface area contributed by atoms with Gasteiger partial charge in [-0.25, -0.2) is 9.89 Å². The minimum Gasteiger partial charge on any atom is -0.360 e. The fourth-order valence-corrected chi connectivity index (χ4v) is 3.57. The number of anilines is 1. The van der Waals surface area contributed by atoms with E-state index in [0.29, 0.717) is 23.2 Å². The van der Waals surface area contributed by atoms with Gasteiger partial charge in [0, 0.05) is 12.1 Å². The Hall–Kier alpha value is -2.03. The van der Waals surface area contributed by atoms with E-state index >= 15 is 0 Å². The first-order chi connectivity index (χ1) is 11.6. The second-order valence-electron chi connectivity index (χ2n) is 5.97. The van der Waals surface area contributed by atoms with Crippen molar-refractivity contribution >= 4 is 23.5 Å². The number of hydrogen-bond acceptors (Lipinski definition) is 6. The maximum absolute atomic E-state index is 12.6. The van der Waals surface area contributed by atoms with Crippen LogP contribution in [0, 0.1) is 6.92 Å². The molecule has 3 rings (SSSR count). The standard InChI is InChI=1S/C15H21N5O3S/c1-3-4-5-11(13(21)16-12-8-9(2)23-19-12)24-15-18-17-14(22)20(15)10-6-7-10/h8,10-11H,3-7H2,1-2H3,(H,17,22)(H,16,19,21)/t11-/m1/s1. The molecule has 0 bridgehead atoms. The highest BCUT2D eigenvalue weighted by Gasteiger charge is 2.31. The highest BCUT2D eigenvalue weighted by atomic mass is 32.2. The molecule has 1 saturated carbocycles. The summed E-state index contributed by atoms with van der Waals surface area (Å²) in [6.07, 6.45) is 4.58. The Balaban J connectivity index is 1.73. The topological polar surface area (TPSA) is 106 Å². The molecule has 24 heavy (non-hydrogen) atoms. The minimum absolute atomic E-state index is 0.153. The largest absolute Gasteiger partial charge is 0.360 e. The van der Waals surface area contributed by atoms with Gasteiger partial charge in [-0.3, -0.25) is 9.36 Å². The summed E-state index contributed by atoms with van der Waals surface area (Å²) < 4.78 is 6.64. The molecule has 1 fully saturated rings. The average Bonchev–Trinajstić information content (AvgIpc) is 3.21. The first-order valence-electron chi connectivity index (χ1n) is 8.16. The number of carbonyl (C=O) groups is 1. The monoisotopic (exact) mass is 351 g/mol. The van der Waals surface area contributed by atoms with Crippen LogP contribution in [0.4, 0.5) is 5.82 Å². The Bertz CT molecular complexity index is 761. The van der Waals surface area contributed by atoms with Crippen molar-refractivity contribution in [3.63, 3.8) is 0 Å². The van der Waals surface area contributed by atoms with Crippen molar-refractivity contribution in [2.24, 2.45) is 0 Å². The molecule has 0 spiro atoms. The van der Waals surface area contributed by atoms with E-state index in [4.69, 9.17) is 4.52 Å². The quantitative estimate of drug-likeness (QED) is 0.708. The predicted molar refractivity (Wildman–Crippen MR) is 90.2 cm³/mol. The summed E-state index contributed by atoms with van der Waals surface area (Å²) in [7, 11) is 0. The number of amides is 1. The Morgan fingerprint density at radius 1 is 1.58 bits per heavy atom. The van der Waals surface area contributed by atoms with Crippen LogP contribution in [-0.2, 0) is 4.79 Å². The van der Waals surface area contributed by atoms with Crippen molar-refractivity contribution in [3.8, 4) is 0 Å². The zero-order chi connectivity index (χ0) is 17.1. The molecule has 1 aliphatic carbocycles. The highest BCUT2D eigenvalue weighted by molar-refractivity contribution is 8.00. The zero-order valence-corrected chi connectivity index (χ0v) is 14.6. The fraction of sp³-hybridized carbons (Fsp3) is 0.600. The number of nitrogens with zero attached hydrogens (tertiary/aromatic N) is 3. The van der Waals surface area contributed by atoms with Crippen LogP contribution in [0.2, 0.25) is 0 Å². The average molecular weight is 351 g/mol. The van der Waals surface area contributed by atoms with Crippen LogP contribution in [-0.4, -0.2) is 31.1 Å². The number of aryl methyl sites for hydroxylation is 1. The van der Waals surface area contributed by atoms with Gasteiger partial charge in [-0.1, -0.05) is 36.7 Å². The van der Waals surface area contributed by atoms with Gasteiger partial charge >= 0.3 is 5.69 Å². The van der Waals surface area contributed by atoms with Gasteiger partial charge < -0.3 is 9.84 Å². The van der Waals surface area contributed by atoms with Crippen molar-refractivity contribution in [3.05, 3.63) is 22.3 Å². The first-order valence-corrected chi connectivity index (χ1v) is 9.04. The minimum atomic E-state index is -0.338. The van der Waals surface area contributed by atoms with Crippen LogP contribution in [0.25, 0.3) is 0 Å². The van der Waals surface area contributed by atoms with Crippen LogP contribution in [0.1, 0.15) is 50.8 Å². The number of carbonyl (C=O) groups excluding carboxylic acids is 1. The SMILES string of the molecule is CCCC[C@@H](Sc1n[nH]c(=O)n1C1CC1)C(=O)Nc1cc(C)on1. The molecule has 2 N–H and O–H groups in total. The van der Waals surface area contributed by atoms with Crippen molar-refractivity contribution < 1.29 is 9.32 Å². The number of aromatic nitrogens is 4. The third-order valence-electron chi connectivity index (χ3n) is 3.82. The van der Waals surface area contributed by atoms with E-state index in [1.807, 2.05) is 0 Å². The van der Waals surface area contributed by atoms with Crippen LogP contribution >= 0.6 is 11.8 Å². The molecule has 2 aromatic heterocycles. The normalized spacial score (nSPS) is 15.4. The van der Waals surface area contributed by atoms with Crippen LogP contribution < -0.4 is 11.0 Å². The van der Waals surface area contributed by atoms with Gasteiger partial charge in [0.1, 0.15) is 5.76 Å². The van der Waals surface area contributed by atoms with E-state index in [2.05, 4.69) is 27.6 Å². The molecule has 2 heterocycles. The second kappa shape index (κ2) is 7.25. The van der Waals surface area contributed by atoms with E-state index in [9.17, 15) is 9.59 Å². The third kappa shape index (κ3) is 3.89. The van der Waals surface area contributed by atoms with Crippen molar-refractivity contribution in [2.45, 2.75) is 62.4 Å². The summed E-state index contributed by atoms with van der Waals surface area (Å²) in [4.78, 5) is 24.5. The number of unbranched alkanes of at least 4 members (excludes halogenated alkanes) is 1. The zero-order valence-electron chi connectivity index (χ0n) is 13.7. The number of nitrogens with one attached hydrogen (secondary N) is 2. The molecule has 0 saturated heterocycles. The molecule has 1 amide bonds. The Morgan fingerprint density at radius 3 is 3.00 bits per heavy atom. The molecule has 2 aromatic rings. The van der Waals surface area contributed by atoms with Gasteiger partial charge in [-0.15, -0.1) is 5.10 Å². The van der Waals surface area contributed by atoms with E-state index in [0.717, 1.165) is 25.7 Å². The first kappa shape index (κ1) is 16.8. The van der Waals surface area contributed by atoms with Crippen molar-refractivity contribution in [1.29, 1.82) is 0 Å². The molecule has 1 atom stereocenters. The lowest BCUT2D eigenvalue weighted by Crippen LogP contribution is -2.26. The summed E-state index contributed by atoms with van der Waals surface area (Å²) in [5.41, 5.74) is -0.207. The lowest BCUT2D eigenvalue weighted by molar-refractivity contribution is -0.115. The summed E-state index contributed by atoms with van der Waals surface area (Å²) in [6.45, 7) is 3.85. The van der Waals surface area contributed by atoms with E-state index < -0.39 is 0 Å². The summed E-state index contributed by atoms with van der Waals surface area (Å²) >= 11 is 1.33. The van der Waals surface area contributed by atoms with Gasteiger partial charge in [0.2, 0.25) is 5.91 Å². The Kier molecular flexibility index (Phi) is 5.08. The highest BCUT2D eigenvalue weighted by Crippen LogP contribution is 2.37. The molecule has 0 aliphatic heterocycles. The molecular formula is C15H21N5O3S. The molecule has 0 radical (unpaired) electrons. The van der Waals surface area contributed by atoms with Gasteiger partial charge in [-0.05, 0) is 26.2 Å². The summed E-state index contributed by atoms with van der Waals surface area (Å²) in [6, 6.07) is 1.89. The van der Waals surface area contributed by atoms with Crippen LogP contribution in [0.5, 0.6) is 0 Å². The number of rotatable bonds is 8. The van der Waals surface area contributed by atoms with E-state index in [1.165, 1.54) is 11.8 Å². The van der Waals surface area contributed by atoms with Gasteiger partial charge in [0.05, 0.1) is 5.25 Å². The summed E-state index contributed by atoms with van der Waals surface area (Å²) in [5, 5.41) is 13.4. The Labute approximate surface area is 143 Å². The van der Waals surface area contributed by atoms with Crippen LogP contribution in [0.3, 0.4) is 0 Å². The lowest BCUT2D eigenvalue weighted by atomic mass is 10.2. The predicted octanol–water partition coefficient (Wildman–Crippen LogP) is 2.49. The molecule has 130 valence electrons. The van der Waals surface area contributed by atoms with Gasteiger partial charge in [0.15, 0.2) is 11.0 Å². The second-order valence-corrected chi connectivity index (χ2v) is 7.14. The molecule has 9 heteroatoms. The third-order valence-corrected chi connectivity index (χ3v) is 5.06. The smallest absolute Gasteiger partial charge is 0.344 e. The molecule has 0 aromatic carbocycles. The van der Waals surface area contributed by atoms with Crippen molar-refractivity contribution in [2.75, 3.05) is 5.32 Å². The number of hydrogen-bond donors (Lipinski definition) is 2. The van der Waals surface area contributed by atoms with Crippen molar-refractivity contribution in [1.82, 2.24) is 19.9 Å². The van der Waals surface area contributed by atoms with E-state index in [-0.39, 0.29) is 22.9 Å². The molecular weight excluding hydrogens is 330 g/mol. The Morgan fingerprint density at radius 2 is 2.38 bits per heavy atom. The van der Waals surface area contributed by atoms with Gasteiger partial charge in [0.25, 0.3) is 0 Å². The summed E-state index contributed by atoms with van der Waals surface area (Å²) in [5.74, 6) is 0.888. The number of thioether (sulfide) groups is 1. The lowest BCUT2D eigenvalue weighted by Gasteiger charge is -2.15. The maximum atomic E-state index is 12.6. The maximum Gasteiger partial charge on any atom is 0.344 e.